The molecule has 2 aromatic heterocycles. The zero-order chi connectivity index (χ0) is 13.1. The molecule has 0 aliphatic carbocycles. The van der Waals surface area contributed by atoms with Gasteiger partial charge in [-0.15, -0.1) is 0 Å². The molecule has 0 bridgehead atoms. The van der Waals surface area contributed by atoms with E-state index in [1.807, 2.05) is 24.9 Å². The highest BCUT2D eigenvalue weighted by molar-refractivity contribution is 5.14. The molecule has 0 aromatic carbocycles. The van der Waals surface area contributed by atoms with E-state index in [0.29, 0.717) is 12.1 Å². The summed E-state index contributed by atoms with van der Waals surface area (Å²) in [6.45, 7) is 4.57. The fraction of sp³-hybridized carbons (Fsp3) is 0.467. The maximum atomic E-state index is 4.14. The van der Waals surface area contributed by atoms with Gasteiger partial charge in [0.1, 0.15) is 0 Å². The van der Waals surface area contributed by atoms with Gasteiger partial charge in [-0.25, -0.2) is 4.98 Å². The summed E-state index contributed by atoms with van der Waals surface area (Å²) in [5, 5.41) is 0. The molecular formula is C15H20N4. The van der Waals surface area contributed by atoms with Crippen molar-refractivity contribution in [2.45, 2.75) is 31.8 Å². The highest BCUT2D eigenvalue weighted by Crippen LogP contribution is 2.28. The van der Waals surface area contributed by atoms with Crippen molar-refractivity contribution in [2.75, 3.05) is 13.1 Å². The van der Waals surface area contributed by atoms with E-state index in [-0.39, 0.29) is 0 Å². The Morgan fingerprint density at radius 1 is 1.11 bits per heavy atom. The van der Waals surface area contributed by atoms with E-state index in [1.165, 1.54) is 18.4 Å². The van der Waals surface area contributed by atoms with Crippen LogP contribution in [0.1, 0.15) is 37.4 Å². The van der Waals surface area contributed by atoms with Crippen molar-refractivity contribution in [3.63, 3.8) is 0 Å². The minimum absolute atomic E-state index is 0.478. The molecule has 0 N–H and O–H groups in total. The summed E-state index contributed by atoms with van der Waals surface area (Å²) in [7, 11) is 0. The molecule has 0 radical (unpaired) electrons. The van der Waals surface area contributed by atoms with E-state index in [1.54, 1.807) is 0 Å². The number of pyridine rings is 1. The smallest absolute Gasteiger partial charge is 0.0948 e. The Labute approximate surface area is 114 Å². The van der Waals surface area contributed by atoms with Gasteiger partial charge in [0.05, 0.1) is 6.33 Å². The Morgan fingerprint density at radius 3 is 2.47 bits per heavy atom. The lowest BCUT2D eigenvalue weighted by Crippen LogP contribution is -2.36. The lowest BCUT2D eigenvalue weighted by molar-refractivity contribution is 0.143. The number of likely N-dealkylation sites (tertiary alicyclic amines) is 1. The zero-order valence-corrected chi connectivity index (χ0v) is 11.3. The van der Waals surface area contributed by atoms with Crippen molar-refractivity contribution in [1.29, 1.82) is 0 Å². The number of imidazole rings is 1. The van der Waals surface area contributed by atoms with Crippen molar-refractivity contribution >= 4 is 0 Å². The van der Waals surface area contributed by atoms with Crippen LogP contribution in [-0.4, -0.2) is 32.5 Å². The van der Waals surface area contributed by atoms with Crippen molar-refractivity contribution < 1.29 is 0 Å². The molecule has 4 heteroatoms. The number of rotatable bonds is 3. The van der Waals surface area contributed by atoms with Gasteiger partial charge in [0, 0.05) is 50.0 Å². The van der Waals surface area contributed by atoms with Gasteiger partial charge in [-0.3, -0.25) is 9.88 Å². The number of aromatic nitrogens is 3. The molecule has 100 valence electrons. The summed E-state index contributed by atoms with van der Waals surface area (Å²) in [4.78, 5) is 10.8. The average Bonchev–Trinajstić information content (AvgIpc) is 3.02. The van der Waals surface area contributed by atoms with Crippen molar-refractivity contribution in [3.8, 4) is 0 Å². The largest absolute Gasteiger partial charge is 0.334 e. The Morgan fingerprint density at radius 2 is 1.84 bits per heavy atom. The number of hydrogen-bond acceptors (Lipinski definition) is 3. The summed E-state index contributed by atoms with van der Waals surface area (Å²) in [6.07, 6.45) is 12.0. The van der Waals surface area contributed by atoms with Gasteiger partial charge in [-0.2, -0.15) is 0 Å². The quantitative estimate of drug-likeness (QED) is 0.846. The van der Waals surface area contributed by atoms with Crippen molar-refractivity contribution in [1.82, 2.24) is 19.4 Å². The molecule has 19 heavy (non-hydrogen) atoms. The van der Waals surface area contributed by atoms with Gasteiger partial charge in [-0.1, -0.05) is 0 Å². The predicted molar refractivity (Wildman–Crippen MR) is 74.7 cm³/mol. The Balaban J connectivity index is 1.61. The molecule has 1 aliphatic rings. The maximum absolute atomic E-state index is 4.14. The molecule has 0 spiro atoms. The van der Waals surface area contributed by atoms with E-state index in [4.69, 9.17) is 0 Å². The lowest BCUT2D eigenvalue weighted by Gasteiger charge is -2.36. The van der Waals surface area contributed by atoms with E-state index in [9.17, 15) is 0 Å². The van der Waals surface area contributed by atoms with Gasteiger partial charge in [0.15, 0.2) is 0 Å². The van der Waals surface area contributed by atoms with Crippen LogP contribution in [0.2, 0.25) is 0 Å². The number of nitrogens with zero attached hydrogens (tertiary/aromatic N) is 4. The number of piperidine rings is 1. The molecule has 1 fully saturated rings. The summed E-state index contributed by atoms with van der Waals surface area (Å²) < 4.78 is 2.24. The monoisotopic (exact) mass is 256 g/mol. The van der Waals surface area contributed by atoms with Gasteiger partial charge in [0.2, 0.25) is 0 Å². The highest BCUT2D eigenvalue weighted by Gasteiger charge is 2.23. The molecule has 1 saturated heterocycles. The van der Waals surface area contributed by atoms with Crippen LogP contribution < -0.4 is 0 Å². The third-order valence-corrected chi connectivity index (χ3v) is 4.18. The van der Waals surface area contributed by atoms with Crippen molar-refractivity contribution in [3.05, 3.63) is 48.8 Å². The first kappa shape index (κ1) is 12.4. The molecule has 4 nitrogen and oxygen atoms in total. The molecule has 0 saturated carbocycles. The first-order valence-corrected chi connectivity index (χ1v) is 6.96. The van der Waals surface area contributed by atoms with Crippen LogP contribution in [0.5, 0.6) is 0 Å². The highest BCUT2D eigenvalue weighted by atomic mass is 15.2. The second-order valence-corrected chi connectivity index (χ2v) is 5.23. The van der Waals surface area contributed by atoms with Crippen LogP contribution in [-0.2, 0) is 0 Å². The Kier molecular flexibility index (Phi) is 3.60. The molecule has 3 rings (SSSR count). The SMILES string of the molecule is C[C@@H](c1ccncc1)N1CCC(n2ccnc2)CC1. The second-order valence-electron chi connectivity index (χ2n) is 5.23. The fourth-order valence-electron chi connectivity index (χ4n) is 2.91. The van der Waals surface area contributed by atoms with Crippen LogP contribution in [0, 0.1) is 0 Å². The normalized spacial score (nSPS) is 19.4. The topological polar surface area (TPSA) is 34.0 Å². The second kappa shape index (κ2) is 5.53. The first-order chi connectivity index (χ1) is 9.34. The molecule has 2 aromatic rings. The molecule has 1 atom stereocenters. The van der Waals surface area contributed by atoms with Crippen LogP contribution >= 0.6 is 0 Å². The third-order valence-electron chi connectivity index (χ3n) is 4.18. The van der Waals surface area contributed by atoms with Crippen LogP contribution in [0.4, 0.5) is 0 Å². The lowest BCUT2D eigenvalue weighted by atomic mass is 10.0. The molecule has 0 amide bonds. The van der Waals surface area contributed by atoms with E-state index < -0.39 is 0 Å². The first-order valence-electron chi connectivity index (χ1n) is 6.96. The summed E-state index contributed by atoms with van der Waals surface area (Å²) in [5.74, 6) is 0. The minimum atomic E-state index is 0.478. The van der Waals surface area contributed by atoms with E-state index in [0.717, 1.165) is 13.1 Å². The Bertz CT molecular complexity index is 486. The van der Waals surface area contributed by atoms with E-state index >= 15 is 0 Å². The van der Waals surface area contributed by atoms with Crippen LogP contribution in [0.3, 0.4) is 0 Å². The molecule has 0 unspecified atom stereocenters. The molecule has 1 aliphatic heterocycles. The third kappa shape index (κ3) is 2.68. The van der Waals surface area contributed by atoms with Gasteiger partial charge in [0.25, 0.3) is 0 Å². The minimum Gasteiger partial charge on any atom is -0.334 e. The van der Waals surface area contributed by atoms with Gasteiger partial charge < -0.3 is 4.57 Å². The van der Waals surface area contributed by atoms with E-state index in [2.05, 4.69) is 44.7 Å². The fourth-order valence-corrected chi connectivity index (χ4v) is 2.91. The van der Waals surface area contributed by atoms with Crippen LogP contribution in [0.15, 0.2) is 43.2 Å². The summed E-state index contributed by atoms with van der Waals surface area (Å²) in [6, 6.07) is 5.33. The van der Waals surface area contributed by atoms with Crippen molar-refractivity contribution in [2.24, 2.45) is 0 Å². The predicted octanol–water partition coefficient (Wildman–Crippen LogP) is 2.68. The average molecular weight is 256 g/mol. The van der Waals surface area contributed by atoms with Gasteiger partial charge >= 0.3 is 0 Å². The molecule has 3 heterocycles. The summed E-state index contributed by atoms with van der Waals surface area (Å²) >= 11 is 0. The van der Waals surface area contributed by atoms with Crippen LogP contribution in [0.25, 0.3) is 0 Å². The van der Waals surface area contributed by atoms with Gasteiger partial charge in [-0.05, 0) is 37.5 Å². The standard InChI is InChI=1S/C15H20N4/c1-13(14-2-6-16-7-3-14)18-9-4-15(5-10-18)19-11-8-17-12-19/h2-3,6-8,11-13,15H,4-5,9-10H2,1H3/t13-/m0/s1. The number of hydrogen-bond donors (Lipinski definition) is 0. The zero-order valence-electron chi connectivity index (χ0n) is 11.3. The maximum Gasteiger partial charge on any atom is 0.0948 e. The molecular weight excluding hydrogens is 236 g/mol. The Hall–Kier alpha value is -1.68. The summed E-state index contributed by atoms with van der Waals surface area (Å²) in [5.41, 5.74) is 1.36.